The Morgan fingerprint density at radius 2 is 2.08 bits per heavy atom. The van der Waals surface area contributed by atoms with E-state index in [2.05, 4.69) is 26.8 Å². The summed E-state index contributed by atoms with van der Waals surface area (Å²) in [6, 6.07) is 2.40. The molecule has 0 aromatic rings. The van der Waals surface area contributed by atoms with Crippen LogP contribution in [-0.2, 0) is 4.74 Å². The zero-order chi connectivity index (χ0) is 8.98. The summed E-state index contributed by atoms with van der Waals surface area (Å²) in [7, 11) is 0. The molecule has 12 heavy (non-hydrogen) atoms. The minimum Gasteiger partial charge on any atom is -0.365 e. The molecule has 0 spiro atoms. The van der Waals surface area contributed by atoms with Crippen molar-refractivity contribution in [3.63, 3.8) is 0 Å². The predicted molar refractivity (Wildman–Crippen MR) is 45.4 cm³/mol. The number of rotatable bonds is 0. The van der Waals surface area contributed by atoms with Crippen molar-refractivity contribution in [3.05, 3.63) is 0 Å². The fourth-order valence-corrected chi connectivity index (χ4v) is 2.60. The molecule has 0 radical (unpaired) electrons. The summed E-state index contributed by atoms with van der Waals surface area (Å²) in [5.41, 5.74) is 0.0208. The molecule has 1 aliphatic heterocycles. The van der Waals surface area contributed by atoms with Gasteiger partial charge in [-0.3, -0.25) is 0 Å². The normalized spacial score (nSPS) is 49.2. The molecule has 0 N–H and O–H groups in total. The SMILES string of the molecule is CC1(C)CC[C@@H]2O[C@@]2(C)[C@H]1C#N. The molecule has 0 amide bonds. The monoisotopic (exact) mass is 165 g/mol. The molecule has 2 heteroatoms. The Morgan fingerprint density at radius 3 is 2.58 bits per heavy atom. The molecule has 66 valence electrons. The summed E-state index contributed by atoms with van der Waals surface area (Å²) in [5, 5.41) is 9.06. The molecule has 0 aromatic carbocycles. The smallest absolute Gasteiger partial charge is 0.108 e. The van der Waals surface area contributed by atoms with Crippen molar-refractivity contribution in [3.8, 4) is 6.07 Å². The van der Waals surface area contributed by atoms with Crippen LogP contribution in [0, 0.1) is 22.7 Å². The summed E-state index contributed by atoms with van der Waals surface area (Å²) in [6.07, 6.45) is 2.61. The number of ether oxygens (including phenoxy) is 1. The molecule has 1 aliphatic carbocycles. The van der Waals surface area contributed by atoms with E-state index in [4.69, 9.17) is 10.00 Å². The van der Waals surface area contributed by atoms with Gasteiger partial charge in [-0.05, 0) is 25.2 Å². The van der Waals surface area contributed by atoms with Crippen LogP contribution in [0.5, 0.6) is 0 Å². The second-order valence-electron chi connectivity index (χ2n) is 4.88. The van der Waals surface area contributed by atoms with Gasteiger partial charge in [-0.1, -0.05) is 13.8 Å². The Bertz CT molecular complexity index is 248. The average Bonchev–Trinajstić information content (AvgIpc) is 2.59. The van der Waals surface area contributed by atoms with E-state index in [9.17, 15) is 0 Å². The van der Waals surface area contributed by atoms with Crippen molar-refractivity contribution in [1.29, 1.82) is 5.26 Å². The first-order chi connectivity index (χ1) is 5.50. The van der Waals surface area contributed by atoms with Gasteiger partial charge in [-0.15, -0.1) is 0 Å². The molecule has 2 rings (SSSR count). The Kier molecular flexibility index (Phi) is 1.36. The highest BCUT2D eigenvalue weighted by Crippen LogP contribution is 2.57. The lowest BCUT2D eigenvalue weighted by Crippen LogP contribution is -2.39. The van der Waals surface area contributed by atoms with Crippen LogP contribution in [0.3, 0.4) is 0 Å². The first kappa shape index (κ1) is 8.07. The first-order valence-electron chi connectivity index (χ1n) is 4.58. The van der Waals surface area contributed by atoms with Crippen molar-refractivity contribution in [2.45, 2.75) is 45.3 Å². The van der Waals surface area contributed by atoms with Crippen LogP contribution in [-0.4, -0.2) is 11.7 Å². The third-order valence-electron chi connectivity index (χ3n) is 3.51. The van der Waals surface area contributed by atoms with Gasteiger partial charge in [-0.2, -0.15) is 5.26 Å². The zero-order valence-corrected chi connectivity index (χ0v) is 7.92. The fraction of sp³-hybridized carbons (Fsp3) is 0.900. The first-order valence-corrected chi connectivity index (χ1v) is 4.58. The quantitative estimate of drug-likeness (QED) is 0.515. The van der Waals surface area contributed by atoms with Gasteiger partial charge < -0.3 is 4.74 Å². The molecule has 1 saturated carbocycles. The molecule has 0 unspecified atom stereocenters. The maximum atomic E-state index is 9.06. The Labute approximate surface area is 73.5 Å². The van der Waals surface area contributed by atoms with Crippen LogP contribution in [0.1, 0.15) is 33.6 Å². The van der Waals surface area contributed by atoms with Gasteiger partial charge in [0.15, 0.2) is 0 Å². The van der Waals surface area contributed by atoms with Crippen LogP contribution in [0.25, 0.3) is 0 Å². The lowest BCUT2D eigenvalue weighted by Gasteiger charge is -2.35. The van der Waals surface area contributed by atoms with Gasteiger partial charge in [0.25, 0.3) is 0 Å². The number of hydrogen-bond acceptors (Lipinski definition) is 2. The van der Waals surface area contributed by atoms with E-state index in [1.165, 1.54) is 0 Å². The van der Waals surface area contributed by atoms with Gasteiger partial charge in [0.2, 0.25) is 0 Å². The van der Waals surface area contributed by atoms with E-state index >= 15 is 0 Å². The highest BCUT2D eigenvalue weighted by Gasteiger charge is 2.64. The van der Waals surface area contributed by atoms with Crippen LogP contribution in [0.15, 0.2) is 0 Å². The van der Waals surface area contributed by atoms with Crippen molar-refractivity contribution in [2.75, 3.05) is 0 Å². The standard InChI is InChI=1S/C10H15NO/c1-9(2)5-4-8-10(3,12-8)7(9)6-11/h7-8H,4-5H2,1-3H3/t7-,8-,10-/m0/s1. The van der Waals surface area contributed by atoms with Crippen LogP contribution in [0.2, 0.25) is 0 Å². The van der Waals surface area contributed by atoms with E-state index in [1.807, 2.05) is 0 Å². The number of nitriles is 1. The number of nitrogens with zero attached hydrogens (tertiary/aromatic N) is 1. The van der Waals surface area contributed by atoms with E-state index in [0.717, 1.165) is 12.8 Å². The maximum Gasteiger partial charge on any atom is 0.108 e. The number of fused-ring (bicyclic) bond motifs is 1. The van der Waals surface area contributed by atoms with Gasteiger partial charge in [-0.25, -0.2) is 0 Å². The topological polar surface area (TPSA) is 36.3 Å². The molecular formula is C10H15NO. The lowest BCUT2D eigenvalue weighted by atomic mass is 9.65. The van der Waals surface area contributed by atoms with Crippen molar-refractivity contribution < 1.29 is 4.74 Å². The molecule has 2 fully saturated rings. The van der Waals surface area contributed by atoms with Crippen LogP contribution >= 0.6 is 0 Å². The Hall–Kier alpha value is -0.550. The van der Waals surface area contributed by atoms with Gasteiger partial charge >= 0.3 is 0 Å². The minimum absolute atomic E-state index is 0.0729. The summed E-state index contributed by atoms with van der Waals surface area (Å²) in [6.45, 7) is 6.42. The predicted octanol–water partition coefficient (Wildman–Crippen LogP) is 2.10. The van der Waals surface area contributed by atoms with E-state index < -0.39 is 0 Å². The van der Waals surface area contributed by atoms with Crippen molar-refractivity contribution >= 4 is 0 Å². The van der Waals surface area contributed by atoms with Crippen LogP contribution < -0.4 is 0 Å². The van der Waals surface area contributed by atoms with Crippen molar-refractivity contribution in [2.24, 2.45) is 11.3 Å². The van der Waals surface area contributed by atoms with E-state index in [-0.39, 0.29) is 16.9 Å². The number of hydrogen-bond donors (Lipinski definition) is 0. The average molecular weight is 165 g/mol. The molecule has 0 bridgehead atoms. The minimum atomic E-state index is -0.115. The molecule has 1 heterocycles. The highest BCUT2D eigenvalue weighted by molar-refractivity contribution is 5.18. The third-order valence-corrected chi connectivity index (χ3v) is 3.51. The second-order valence-corrected chi connectivity index (χ2v) is 4.88. The molecule has 3 atom stereocenters. The Balaban J connectivity index is 2.29. The molecule has 2 aliphatic rings. The number of epoxide rings is 1. The summed E-state index contributed by atoms with van der Waals surface area (Å²) in [5.74, 6) is 0.0729. The van der Waals surface area contributed by atoms with E-state index in [0.29, 0.717) is 6.10 Å². The maximum absolute atomic E-state index is 9.06. The third kappa shape index (κ3) is 0.834. The van der Waals surface area contributed by atoms with Crippen molar-refractivity contribution in [1.82, 2.24) is 0 Å². The lowest BCUT2D eigenvalue weighted by molar-refractivity contribution is 0.142. The van der Waals surface area contributed by atoms with Gasteiger partial charge in [0.1, 0.15) is 5.60 Å². The molecule has 0 aromatic heterocycles. The van der Waals surface area contributed by atoms with Gasteiger partial charge in [0, 0.05) is 0 Å². The van der Waals surface area contributed by atoms with Gasteiger partial charge in [0.05, 0.1) is 18.1 Å². The largest absolute Gasteiger partial charge is 0.365 e. The Morgan fingerprint density at radius 1 is 1.42 bits per heavy atom. The second kappa shape index (κ2) is 2.03. The summed E-state index contributed by atoms with van der Waals surface area (Å²) >= 11 is 0. The summed E-state index contributed by atoms with van der Waals surface area (Å²) in [4.78, 5) is 0. The van der Waals surface area contributed by atoms with Crippen LogP contribution in [0.4, 0.5) is 0 Å². The zero-order valence-electron chi connectivity index (χ0n) is 7.92. The highest BCUT2D eigenvalue weighted by atomic mass is 16.6. The summed E-state index contributed by atoms with van der Waals surface area (Å²) < 4.78 is 5.58. The molecule has 2 nitrogen and oxygen atoms in total. The van der Waals surface area contributed by atoms with E-state index in [1.54, 1.807) is 0 Å². The molecular weight excluding hydrogens is 150 g/mol. The fourth-order valence-electron chi connectivity index (χ4n) is 2.60. The molecule has 1 saturated heterocycles.